The van der Waals surface area contributed by atoms with Crippen molar-refractivity contribution in [1.82, 2.24) is 0 Å². The molecule has 2 fully saturated rings. The lowest BCUT2D eigenvalue weighted by molar-refractivity contribution is -0.384. The zero-order valence-corrected chi connectivity index (χ0v) is 13.2. The van der Waals surface area contributed by atoms with Gasteiger partial charge in [-0.3, -0.25) is 10.1 Å². The zero-order chi connectivity index (χ0) is 16.6. The topological polar surface area (TPSA) is 103 Å². The molecule has 2 N–H and O–H groups in total. The molecule has 0 spiro atoms. The molecule has 4 atom stereocenters. The second-order valence-corrected chi connectivity index (χ2v) is 5.81. The minimum absolute atomic E-state index is 0.114. The van der Waals surface area contributed by atoms with Gasteiger partial charge in [-0.05, 0) is 6.92 Å². The van der Waals surface area contributed by atoms with Crippen LogP contribution < -0.4 is 10.1 Å². The van der Waals surface area contributed by atoms with Crippen molar-refractivity contribution in [2.24, 2.45) is 0 Å². The summed E-state index contributed by atoms with van der Waals surface area (Å²) in [5.41, 5.74) is 0.219. The van der Waals surface area contributed by atoms with Crippen LogP contribution in [0.4, 0.5) is 11.4 Å². The van der Waals surface area contributed by atoms with Crippen LogP contribution in [0.3, 0.4) is 0 Å². The van der Waals surface area contributed by atoms with Crippen molar-refractivity contribution >= 4 is 23.0 Å². The van der Waals surface area contributed by atoms with Gasteiger partial charge in [0, 0.05) is 18.7 Å². The molecule has 1 aromatic rings. The SMILES string of the molecule is CCNc1cc(OC2COC3C(O)COC23)c(Cl)cc1[N+](=O)[O-]. The molecule has 0 aliphatic carbocycles. The summed E-state index contributed by atoms with van der Waals surface area (Å²) in [6.07, 6.45) is -1.88. The number of ether oxygens (including phenoxy) is 3. The van der Waals surface area contributed by atoms with E-state index < -0.39 is 23.2 Å². The summed E-state index contributed by atoms with van der Waals surface area (Å²) < 4.78 is 16.8. The normalized spacial score (nSPS) is 29.3. The maximum absolute atomic E-state index is 11.1. The second kappa shape index (κ2) is 6.48. The van der Waals surface area contributed by atoms with Crippen LogP contribution in [0.2, 0.25) is 5.02 Å². The molecule has 0 radical (unpaired) electrons. The summed E-state index contributed by atoms with van der Waals surface area (Å²) in [6, 6.07) is 2.76. The van der Waals surface area contributed by atoms with E-state index in [1.54, 1.807) is 0 Å². The van der Waals surface area contributed by atoms with Crippen LogP contribution in [0.1, 0.15) is 6.92 Å². The van der Waals surface area contributed by atoms with Crippen LogP contribution in [-0.2, 0) is 9.47 Å². The molecule has 3 rings (SSSR count). The van der Waals surface area contributed by atoms with Crippen LogP contribution >= 0.6 is 11.6 Å². The zero-order valence-electron chi connectivity index (χ0n) is 12.4. The maximum atomic E-state index is 11.1. The van der Waals surface area contributed by atoms with E-state index in [1.165, 1.54) is 12.1 Å². The number of fused-ring (bicyclic) bond motifs is 1. The second-order valence-electron chi connectivity index (χ2n) is 5.41. The van der Waals surface area contributed by atoms with Crippen molar-refractivity contribution in [3.63, 3.8) is 0 Å². The third-order valence-electron chi connectivity index (χ3n) is 3.87. The van der Waals surface area contributed by atoms with Crippen LogP contribution in [0.25, 0.3) is 0 Å². The number of nitrogens with zero attached hydrogens (tertiary/aromatic N) is 1. The smallest absolute Gasteiger partial charge is 0.294 e. The van der Waals surface area contributed by atoms with Gasteiger partial charge in [0.25, 0.3) is 5.69 Å². The summed E-state index contributed by atoms with van der Waals surface area (Å²) in [5, 5.41) is 23.9. The van der Waals surface area contributed by atoms with E-state index in [4.69, 9.17) is 25.8 Å². The number of rotatable bonds is 5. The van der Waals surface area contributed by atoms with Crippen LogP contribution in [-0.4, -0.2) is 54.2 Å². The van der Waals surface area contributed by atoms with Crippen molar-refractivity contribution in [2.45, 2.75) is 31.3 Å². The van der Waals surface area contributed by atoms with Gasteiger partial charge in [0.1, 0.15) is 29.7 Å². The summed E-state index contributed by atoms with van der Waals surface area (Å²) in [6.45, 7) is 2.82. The van der Waals surface area contributed by atoms with Crippen molar-refractivity contribution < 1.29 is 24.2 Å². The molecule has 2 aliphatic heterocycles. The molecule has 126 valence electrons. The lowest BCUT2D eigenvalue weighted by atomic mass is 10.1. The molecule has 0 aromatic heterocycles. The molecule has 4 unspecified atom stereocenters. The molecular formula is C14H17ClN2O6. The highest BCUT2D eigenvalue weighted by atomic mass is 35.5. The molecule has 2 saturated heterocycles. The molecule has 0 saturated carbocycles. The first kappa shape index (κ1) is 16.3. The van der Waals surface area contributed by atoms with Gasteiger partial charge < -0.3 is 24.6 Å². The molecular weight excluding hydrogens is 328 g/mol. The molecule has 0 amide bonds. The van der Waals surface area contributed by atoms with Gasteiger partial charge in [-0.15, -0.1) is 0 Å². The fourth-order valence-electron chi connectivity index (χ4n) is 2.82. The number of hydrogen-bond donors (Lipinski definition) is 2. The highest BCUT2D eigenvalue weighted by Crippen LogP contribution is 2.38. The Kier molecular flexibility index (Phi) is 4.58. The lowest BCUT2D eigenvalue weighted by Crippen LogP contribution is -2.34. The van der Waals surface area contributed by atoms with E-state index in [-0.39, 0.29) is 30.0 Å². The molecule has 1 aromatic carbocycles. The van der Waals surface area contributed by atoms with Gasteiger partial charge in [-0.1, -0.05) is 11.6 Å². The molecule has 2 heterocycles. The Hall–Kier alpha value is -1.61. The molecule has 0 bridgehead atoms. The fourth-order valence-corrected chi connectivity index (χ4v) is 3.03. The third-order valence-corrected chi connectivity index (χ3v) is 4.17. The highest BCUT2D eigenvalue weighted by Gasteiger charge is 2.48. The number of anilines is 1. The largest absolute Gasteiger partial charge is 0.484 e. The van der Waals surface area contributed by atoms with Crippen LogP contribution in [0, 0.1) is 10.1 Å². The average Bonchev–Trinajstić information content (AvgIpc) is 3.06. The van der Waals surface area contributed by atoms with Gasteiger partial charge in [0.05, 0.1) is 23.2 Å². The lowest BCUT2D eigenvalue weighted by Gasteiger charge is -2.19. The van der Waals surface area contributed by atoms with Crippen molar-refractivity contribution in [2.75, 3.05) is 25.1 Å². The highest BCUT2D eigenvalue weighted by molar-refractivity contribution is 6.32. The van der Waals surface area contributed by atoms with Gasteiger partial charge in [-0.2, -0.15) is 0 Å². The van der Waals surface area contributed by atoms with E-state index in [1.807, 2.05) is 6.92 Å². The fraction of sp³-hybridized carbons (Fsp3) is 0.571. The quantitative estimate of drug-likeness (QED) is 0.617. The number of nitro benzene ring substituents is 1. The van der Waals surface area contributed by atoms with E-state index in [9.17, 15) is 15.2 Å². The summed E-state index contributed by atoms with van der Waals surface area (Å²) in [5.74, 6) is 0.312. The number of aliphatic hydroxyl groups excluding tert-OH is 1. The minimum atomic E-state index is -0.668. The Morgan fingerprint density at radius 1 is 1.43 bits per heavy atom. The van der Waals surface area contributed by atoms with E-state index in [0.29, 0.717) is 18.0 Å². The number of benzene rings is 1. The average molecular weight is 345 g/mol. The predicted molar refractivity (Wildman–Crippen MR) is 82.2 cm³/mol. The number of nitrogens with one attached hydrogen (secondary N) is 1. The maximum Gasteiger partial charge on any atom is 0.294 e. The molecule has 2 aliphatic rings. The third kappa shape index (κ3) is 3.07. The van der Waals surface area contributed by atoms with Crippen molar-refractivity contribution in [3.05, 3.63) is 27.3 Å². The Morgan fingerprint density at radius 2 is 2.17 bits per heavy atom. The van der Waals surface area contributed by atoms with Gasteiger partial charge >= 0.3 is 0 Å². The minimum Gasteiger partial charge on any atom is -0.484 e. The van der Waals surface area contributed by atoms with Crippen LogP contribution in [0.5, 0.6) is 5.75 Å². The first-order valence-electron chi connectivity index (χ1n) is 7.31. The van der Waals surface area contributed by atoms with Gasteiger partial charge in [-0.25, -0.2) is 0 Å². The standard InChI is InChI=1S/C14H17ClN2O6/c1-2-16-8-4-11(7(15)3-9(8)17(19)20)23-12-6-22-13-10(18)5-21-14(12)13/h3-4,10,12-14,16,18H,2,5-6H2,1H3. The Balaban J connectivity index is 1.83. The van der Waals surface area contributed by atoms with E-state index in [0.717, 1.165) is 0 Å². The van der Waals surface area contributed by atoms with Crippen LogP contribution in [0.15, 0.2) is 12.1 Å². The number of halogens is 1. The van der Waals surface area contributed by atoms with Crippen molar-refractivity contribution in [1.29, 1.82) is 0 Å². The summed E-state index contributed by atoms with van der Waals surface area (Å²) >= 11 is 6.11. The molecule has 23 heavy (non-hydrogen) atoms. The number of hydrogen-bond acceptors (Lipinski definition) is 7. The monoisotopic (exact) mass is 344 g/mol. The van der Waals surface area contributed by atoms with E-state index >= 15 is 0 Å². The first-order valence-corrected chi connectivity index (χ1v) is 7.68. The summed E-state index contributed by atoms with van der Waals surface area (Å²) in [4.78, 5) is 10.6. The molecule has 8 nitrogen and oxygen atoms in total. The van der Waals surface area contributed by atoms with Gasteiger partial charge in [0.2, 0.25) is 0 Å². The van der Waals surface area contributed by atoms with E-state index in [2.05, 4.69) is 5.32 Å². The van der Waals surface area contributed by atoms with Gasteiger partial charge in [0.15, 0.2) is 6.10 Å². The van der Waals surface area contributed by atoms with Crippen molar-refractivity contribution in [3.8, 4) is 5.75 Å². The first-order chi connectivity index (χ1) is 11.0. The summed E-state index contributed by atoms with van der Waals surface area (Å²) in [7, 11) is 0. The Morgan fingerprint density at radius 3 is 2.87 bits per heavy atom. The Labute approximate surface area is 137 Å². The molecule has 9 heteroatoms. The predicted octanol–water partition coefficient (Wildman–Crippen LogP) is 1.59. The Bertz CT molecular complexity index is 613. The number of aliphatic hydroxyl groups is 1. The number of nitro groups is 1.